The van der Waals surface area contributed by atoms with Crippen LogP contribution in [0.1, 0.15) is 54.4 Å². The molecule has 1 aliphatic heterocycles. The summed E-state index contributed by atoms with van der Waals surface area (Å²) in [6, 6.07) is 11.5. The molecule has 2 bridgehead atoms. The molecule has 4 N–H and O–H groups in total. The first kappa shape index (κ1) is 24.6. The lowest BCUT2D eigenvalue weighted by Crippen LogP contribution is -2.73. The molecule has 2 aromatic rings. The minimum Gasteiger partial charge on any atom is -0.504 e. The summed E-state index contributed by atoms with van der Waals surface area (Å²) < 4.78 is 31.6. The summed E-state index contributed by atoms with van der Waals surface area (Å²) in [5.74, 6) is -0.115. The van der Waals surface area contributed by atoms with Crippen LogP contribution in [-0.4, -0.2) is 40.1 Å². The van der Waals surface area contributed by atoms with Crippen LogP contribution >= 0.6 is 7.82 Å². The molecule has 1 heterocycles. The Labute approximate surface area is 221 Å². The minimum absolute atomic E-state index is 0.0340. The van der Waals surface area contributed by atoms with Gasteiger partial charge in [0.05, 0.1) is 17.6 Å². The second-order valence-corrected chi connectivity index (χ2v) is 12.8. The molecule has 2 fully saturated rings. The number of benzene rings is 2. The molecule has 2 saturated carbocycles. The van der Waals surface area contributed by atoms with E-state index in [0.29, 0.717) is 31.4 Å². The highest BCUT2D eigenvalue weighted by atomic mass is 31.2. The topological polar surface area (TPSA) is 128 Å². The maximum absolute atomic E-state index is 13.6. The Kier molecular flexibility index (Phi) is 5.50. The van der Waals surface area contributed by atoms with Crippen molar-refractivity contribution in [3.8, 4) is 11.5 Å². The molecular weight excluding hydrogens is 505 g/mol. The molecule has 200 valence electrons. The molecule has 0 amide bonds. The molecule has 6 atom stereocenters. The van der Waals surface area contributed by atoms with E-state index in [0.717, 1.165) is 24.0 Å². The van der Waals surface area contributed by atoms with E-state index >= 15 is 0 Å². The third kappa shape index (κ3) is 3.37. The molecule has 38 heavy (non-hydrogen) atoms. The van der Waals surface area contributed by atoms with Crippen LogP contribution in [0.3, 0.4) is 0 Å². The lowest BCUT2D eigenvalue weighted by Gasteiger charge is -2.62. The van der Waals surface area contributed by atoms with Crippen LogP contribution in [0.4, 0.5) is 0 Å². The lowest BCUT2D eigenvalue weighted by atomic mass is 9.45. The Morgan fingerprint density at radius 1 is 1.13 bits per heavy atom. The fourth-order valence-corrected chi connectivity index (χ4v) is 9.24. The van der Waals surface area contributed by atoms with Gasteiger partial charge in [-0.05, 0) is 67.7 Å². The van der Waals surface area contributed by atoms with Crippen molar-refractivity contribution in [2.45, 2.75) is 74.5 Å². The highest BCUT2D eigenvalue weighted by molar-refractivity contribution is 7.47. The van der Waals surface area contributed by atoms with Crippen molar-refractivity contribution in [2.75, 3.05) is 6.61 Å². The van der Waals surface area contributed by atoms with E-state index in [1.807, 2.05) is 18.2 Å². The van der Waals surface area contributed by atoms with Gasteiger partial charge < -0.3 is 20.5 Å². The summed E-state index contributed by atoms with van der Waals surface area (Å²) in [4.78, 5) is 24.3. The molecule has 1 spiro atoms. The molecule has 7 rings (SSSR count). The SMILES string of the molecule is NC1CCC23c4c5ccc(O)c4OC2C(=O)CCC3(OP(=O)(O)OCCC2=CCc3ccccc3C2)C1C5. The molecule has 9 heteroatoms. The molecule has 5 aliphatic rings. The van der Waals surface area contributed by atoms with Crippen molar-refractivity contribution in [3.05, 3.63) is 70.3 Å². The van der Waals surface area contributed by atoms with Crippen LogP contribution in [0.25, 0.3) is 0 Å². The molecule has 8 nitrogen and oxygen atoms in total. The first-order chi connectivity index (χ1) is 18.2. The Morgan fingerprint density at radius 2 is 1.95 bits per heavy atom. The van der Waals surface area contributed by atoms with E-state index in [4.69, 9.17) is 19.5 Å². The zero-order chi connectivity index (χ0) is 26.3. The number of phosphoric ester groups is 1. The molecule has 0 aromatic heterocycles. The molecule has 4 aliphatic carbocycles. The predicted octanol–water partition coefficient (Wildman–Crippen LogP) is 4.04. The second kappa shape index (κ2) is 8.51. The number of Topliss-reactive ketones (excluding diaryl/α,β-unsaturated/α-hetero) is 1. The third-order valence-electron chi connectivity index (χ3n) is 9.67. The summed E-state index contributed by atoms with van der Waals surface area (Å²) in [7, 11) is -4.54. The highest BCUT2D eigenvalue weighted by Gasteiger charge is 2.75. The highest BCUT2D eigenvalue weighted by Crippen LogP contribution is 2.70. The van der Waals surface area contributed by atoms with Crippen molar-refractivity contribution in [2.24, 2.45) is 11.7 Å². The fourth-order valence-electron chi connectivity index (χ4n) is 8.07. The summed E-state index contributed by atoms with van der Waals surface area (Å²) in [6.45, 7) is 0.0447. The van der Waals surface area contributed by atoms with Gasteiger partial charge in [-0.2, -0.15) is 0 Å². The number of fused-ring (bicyclic) bond motifs is 1. The van der Waals surface area contributed by atoms with E-state index in [1.165, 1.54) is 16.7 Å². The number of carbonyl (C=O) groups is 1. The number of carbonyl (C=O) groups excluding carboxylic acids is 1. The number of allylic oxidation sites excluding steroid dienone is 1. The largest absolute Gasteiger partial charge is 0.504 e. The summed E-state index contributed by atoms with van der Waals surface area (Å²) in [5, 5.41) is 10.6. The normalized spacial score (nSPS) is 34.0. The minimum atomic E-state index is -4.54. The van der Waals surface area contributed by atoms with Crippen molar-refractivity contribution in [3.63, 3.8) is 0 Å². The fraction of sp³-hybridized carbons (Fsp3) is 0.483. The monoisotopic (exact) mass is 537 g/mol. The van der Waals surface area contributed by atoms with Gasteiger partial charge in [0.1, 0.15) is 0 Å². The van der Waals surface area contributed by atoms with Gasteiger partial charge in [0.25, 0.3) is 0 Å². The average Bonchev–Trinajstić information content (AvgIpc) is 3.26. The Hall–Kier alpha value is -2.48. The summed E-state index contributed by atoms with van der Waals surface area (Å²) in [6.07, 6.45) is 5.45. The lowest BCUT2D eigenvalue weighted by molar-refractivity contribution is -0.175. The molecule has 6 unspecified atom stereocenters. The number of ether oxygens (including phenoxy) is 1. The third-order valence-corrected chi connectivity index (χ3v) is 10.7. The number of ketones is 1. The predicted molar refractivity (Wildman–Crippen MR) is 139 cm³/mol. The molecule has 0 saturated heterocycles. The average molecular weight is 538 g/mol. The number of rotatable bonds is 6. The number of nitrogens with two attached hydrogens (primary N) is 1. The Balaban J connectivity index is 1.18. The van der Waals surface area contributed by atoms with Crippen LogP contribution in [0.2, 0.25) is 0 Å². The Morgan fingerprint density at radius 3 is 2.79 bits per heavy atom. The van der Waals surface area contributed by atoms with Crippen molar-refractivity contribution < 1.29 is 33.1 Å². The number of hydrogen-bond acceptors (Lipinski definition) is 7. The van der Waals surface area contributed by atoms with Crippen LogP contribution in [0.5, 0.6) is 11.5 Å². The van der Waals surface area contributed by atoms with Gasteiger partial charge in [-0.1, -0.05) is 42.0 Å². The van der Waals surface area contributed by atoms with Crippen LogP contribution in [-0.2, 0) is 43.1 Å². The molecular formula is C29H32NO7P. The molecule has 0 radical (unpaired) electrons. The van der Waals surface area contributed by atoms with Gasteiger partial charge in [-0.15, -0.1) is 0 Å². The van der Waals surface area contributed by atoms with Crippen LogP contribution in [0, 0.1) is 5.92 Å². The van der Waals surface area contributed by atoms with Gasteiger partial charge in [0, 0.05) is 23.9 Å². The second-order valence-electron chi connectivity index (χ2n) is 11.4. The maximum atomic E-state index is 13.6. The van der Waals surface area contributed by atoms with Crippen LogP contribution < -0.4 is 10.5 Å². The standard InChI is InChI=1S/C29H32NO7P/c30-22-9-12-28-25-20-7-8-23(31)26(25)36-27(28)24(32)10-13-29(28,21(22)16-20)37-38(33,34)35-14-11-17-5-6-18-3-1-2-4-19(18)15-17/h1-5,7-8,21-22,27,31H,6,9-16,30H2,(H,33,34). The summed E-state index contributed by atoms with van der Waals surface area (Å²) in [5.41, 5.74) is 9.88. The first-order valence-electron chi connectivity index (χ1n) is 13.5. The number of phosphoric acid groups is 1. The van der Waals surface area contributed by atoms with Gasteiger partial charge >= 0.3 is 7.82 Å². The van der Waals surface area contributed by atoms with Crippen LogP contribution in [0.15, 0.2) is 48.0 Å². The van der Waals surface area contributed by atoms with E-state index < -0.39 is 24.9 Å². The Bertz CT molecular complexity index is 1420. The van der Waals surface area contributed by atoms with Crippen molar-refractivity contribution in [1.82, 2.24) is 0 Å². The maximum Gasteiger partial charge on any atom is 0.472 e. The van der Waals surface area contributed by atoms with E-state index in [9.17, 15) is 19.4 Å². The number of hydrogen-bond donors (Lipinski definition) is 3. The number of phenolic OH excluding ortho intramolecular Hbond substituents is 1. The van der Waals surface area contributed by atoms with E-state index in [1.54, 1.807) is 6.07 Å². The quantitative estimate of drug-likeness (QED) is 0.372. The zero-order valence-corrected chi connectivity index (χ0v) is 22.0. The van der Waals surface area contributed by atoms with Gasteiger partial charge in [-0.3, -0.25) is 13.8 Å². The molecule has 2 aromatic carbocycles. The van der Waals surface area contributed by atoms with Gasteiger partial charge in [-0.25, -0.2) is 4.57 Å². The van der Waals surface area contributed by atoms with E-state index in [-0.39, 0.29) is 42.9 Å². The summed E-state index contributed by atoms with van der Waals surface area (Å²) >= 11 is 0. The number of aromatic hydroxyl groups is 1. The van der Waals surface area contributed by atoms with Gasteiger partial charge in [0.2, 0.25) is 0 Å². The van der Waals surface area contributed by atoms with E-state index in [2.05, 4.69) is 18.2 Å². The zero-order valence-electron chi connectivity index (χ0n) is 21.1. The van der Waals surface area contributed by atoms with Crippen molar-refractivity contribution in [1.29, 1.82) is 0 Å². The number of phenols is 1. The van der Waals surface area contributed by atoms with Crippen molar-refractivity contribution >= 4 is 13.6 Å². The smallest absolute Gasteiger partial charge is 0.472 e. The first-order valence-corrected chi connectivity index (χ1v) is 15.0. The van der Waals surface area contributed by atoms with Gasteiger partial charge in [0.15, 0.2) is 23.4 Å².